The Labute approximate surface area is 245 Å². The molecule has 5 nitrogen and oxygen atoms in total. The molecule has 2 aliphatic heterocycles. The van der Waals surface area contributed by atoms with Crippen LogP contribution in [0, 0.1) is 0 Å². The molecule has 208 valence electrons. The number of amides is 1. The normalized spacial score (nSPS) is 17.5. The number of anilines is 1. The van der Waals surface area contributed by atoms with E-state index < -0.39 is 17.6 Å². The third kappa shape index (κ3) is 4.43. The summed E-state index contributed by atoms with van der Waals surface area (Å²) in [4.78, 5) is 16.6. The maximum atomic E-state index is 14.9. The number of benzene rings is 5. The predicted molar refractivity (Wildman–Crippen MR) is 163 cm³/mol. The largest absolute Gasteiger partial charge is 0.493 e. The molecule has 5 aromatic carbocycles. The lowest BCUT2D eigenvalue weighted by atomic mass is 9.85. The molecule has 0 saturated heterocycles. The highest BCUT2D eigenvalue weighted by Crippen LogP contribution is 2.52. The quantitative estimate of drug-likeness (QED) is 0.237. The Hall–Kier alpha value is -4.87. The summed E-state index contributed by atoms with van der Waals surface area (Å²) in [5.41, 5.74) is 3.54. The number of ether oxygens (including phenoxy) is 2. The van der Waals surface area contributed by atoms with E-state index in [0.717, 1.165) is 40.8 Å². The van der Waals surface area contributed by atoms with Crippen LogP contribution < -0.4 is 14.4 Å². The van der Waals surface area contributed by atoms with Crippen molar-refractivity contribution in [3.05, 3.63) is 161 Å². The van der Waals surface area contributed by atoms with E-state index in [1.54, 1.807) is 4.90 Å². The molecule has 5 aromatic rings. The van der Waals surface area contributed by atoms with Crippen molar-refractivity contribution in [1.82, 2.24) is 0 Å². The number of rotatable bonds is 7. The van der Waals surface area contributed by atoms with E-state index in [4.69, 9.17) is 9.47 Å². The zero-order valence-corrected chi connectivity index (χ0v) is 23.1. The molecule has 1 unspecified atom stereocenters. The van der Waals surface area contributed by atoms with Gasteiger partial charge in [-0.05, 0) is 47.2 Å². The van der Waals surface area contributed by atoms with Crippen LogP contribution in [-0.4, -0.2) is 17.6 Å². The molecule has 1 atom stereocenters. The van der Waals surface area contributed by atoms with Crippen molar-refractivity contribution in [3.8, 4) is 11.5 Å². The van der Waals surface area contributed by atoms with Gasteiger partial charge in [-0.1, -0.05) is 109 Å². The molecular weight excluding hydrogens is 522 g/mol. The summed E-state index contributed by atoms with van der Waals surface area (Å²) in [5.74, 6) is 0.754. The number of hydrogen-bond donors (Lipinski definition) is 1. The average Bonchev–Trinajstić information content (AvgIpc) is 3.28. The molecule has 1 amide bonds. The second-order valence-corrected chi connectivity index (χ2v) is 10.8. The van der Waals surface area contributed by atoms with Crippen LogP contribution in [0.2, 0.25) is 0 Å². The molecule has 0 fully saturated rings. The van der Waals surface area contributed by atoms with E-state index in [9.17, 15) is 9.90 Å². The summed E-state index contributed by atoms with van der Waals surface area (Å²) in [7, 11) is 0. The summed E-state index contributed by atoms with van der Waals surface area (Å²) in [6.45, 7) is 0.916. The van der Waals surface area contributed by atoms with E-state index in [2.05, 4.69) is 0 Å². The van der Waals surface area contributed by atoms with Gasteiger partial charge in [-0.2, -0.15) is 0 Å². The van der Waals surface area contributed by atoms with Gasteiger partial charge in [-0.3, -0.25) is 9.69 Å². The smallest absolute Gasteiger partial charge is 0.269 e. The predicted octanol–water partition coefficient (Wildman–Crippen LogP) is 6.96. The van der Waals surface area contributed by atoms with Gasteiger partial charge in [-0.25, -0.2) is 0 Å². The molecular formula is C37H31NO4. The van der Waals surface area contributed by atoms with E-state index in [1.807, 2.05) is 127 Å². The van der Waals surface area contributed by atoms with Crippen molar-refractivity contribution in [2.75, 3.05) is 11.5 Å². The van der Waals surface area contributed by atoms with Gasteiger partial charge in [-0.15, -0.1) is 0 Å². The van der Waals surface area contributed by atoms with Crippen LogP contribution in [0.3, 0.4) is 0 Å². The summed E-state index contributed by atoms with van der Waals surface area (Å²) in [5, 5.41) is 12.8. The van der Waals surface area contributed by atoms with E-state index in [1.165, 1.54) is 0 Å². The van der Waals surface area contributed by atoms with Gasteiger partial charge in [0.25, 0.3) is 5.91 Å². The lowest BCUT2D eigenvalue weighted by Crippen LogP contribution is -2.43. The van der Waals surface area contributed by atoms with Crippen molar-refractivity contribution in [3.63, 3.8) is 0 Å². The minimum Gasteiger partial charge on any atom is -0.493 e. The van der Waals surface area contributed by atoms with Gasteiger partial charge in [0.15, 0.2) is 5.60 Å². The highest BCUT2D eigenvalue weighted by Gasteiger charge is 2.54. The second kappa shape index (κ2) is 10.8. The Bertz CT molecular complexity index is 1680. The van der Waals surface area contributed by atoms with Crippen molar-refractivity contribution in [1.29, 1.82) is 0 Å². The zero-order valence-electron chi connectivity index (χ0n) is 23.1. The average molecular weight is 554 g/mol. The number of para-hydroxylation sites is 1. The van der Waals surface area contributed by atoms with Crippen molar-refractivity contribution >= 4 is 11.6 Å². The van der Waals surface area contributed by atoms with Gasteiger partial charge in [0.05, 0.1) is 18.3 Å². The van der Waals surface area contributed by atoms with Crippen molar-refractivity contribution < 1.29 is 19.4 Å². The first-order valence-electron chi connectivity index (χ1n) is 14.4. The standard InChI is InChI=1S/C37H31NO4/c39-36-37(40,31-23-29-19-12-22-41-33(29)24-34(31)42-25-26-13-4-1-5-14-26)30-20-10-11-21-32(30)38(36)35(27-15-6-2-7-16-27)28-17-8-3-9-18-28/h1-11,13-18,20-21,23-24,35,40H,12,19,22,25H2. The molecule has 0 spiro atoms. The third-order valence-electron chi connectivity index (χ3n) is 8.21. The Morgan fingerprint density at radius 2 is 1.40 bits per heavy atom. The van der Waals surface area contributed by atoms with Crippen LogP contribution in [-0.2, 0) is 23.4 Å². The number of aliphatic hydroxyl groups is 1. The maximum absolute atomic E-state index is 14.9. The zero-order chi connectivity index (χ0) is 28.5. The molecule has 2 heterocycles. The first-order chi connectivity index (χ1) is 20.6. The molecule has 0 bridgehead atoms. The Balaban J connectivity index is 1.40. The fraction of sp³-hybridized carbons (Fsp3) is 0.162. The van der Waals surface area contributed by atoms with Crippen LogP contribution in [0.5, 0.6) is 11.5 Å². The van der Waals surface area contributed by atoms with E-state index in [0.29, 0.717) is 35.8 Å². The minimum absolute atomic E-state index is 0.291. The molecule has 42 heavy (non-hydrogen) atoms. The van der Waals surface area contributed by atoms with Gasteiger partial charge >= 0.3 is 0 Å². The number of fused-ring (bicyclic) bond motifs is 2. The van der Waals surface area contributed by atoms with E-state index in [-0.39, 0.29) is 0 Å². The van der Waals surface area contributed by atoms with Gasteiger partial charge < -0.3 is 14.6 Å². The minimum atomic E-state index is -1.96. The second-order valence-electron chi connectivity index (χ2n) is 10.8. The summed E-state index contributed by atoms with van der Waals surface area (Å²) in [6, 6.07) is 40.6. The lowest BCUT2D eigenvalue weighted by molar-refractivity contribution is -0.132. The van der Waals surface area contributed by atoms with Crippen LogP contribution >= 0.6 is 0 Å². The number of aryl methyl sites for hydroxylation is 1. The van der Waals surface area contributed by atoms with Crippen LogP contribution in [0.1, 0.15) is 45.8 Å². The molecule has 5 heteroatoms. The highest BCUT2D eigenvalue weighted by molar-refractivity contribution is 6.10. The number of nitrogens with zero attached hydrogens (tertiary/aromatic N) is 1. The number of hydrogen-bond acceptors (Lipinski definition) is 4. The van der Waals surface area contributed by atoms with Gasteiger partial charge in [0.1, 0.15) is 18.1 Å². The third-order valence-corrected chi connectivity index (χ3v) is 8.21. The van der Waals surface area contributed by atoms with Gasteiger partial charge in [0.2, 0.25) is 0 Å². The molecule has 0 radical (unpaired) electrons. The summed E-state index contributed by atoms with van der Waals surface area (Å²) in [6.07, 6.45) is 1.67. The van der Waals surface area contributed by atoms with Crippen LogP contribution in [0.25, 0.3) is 0 Å². The maximum Gasteiger partial charge on any atom is 0.269 e. The fourth-order valence-corrected chi connectivity index (χ4v) is 6.18. The van der Waals surface area contributed by atoms with Crippen LogP contribution in [0.4, 0.5) is 5.69 Å². The summed E-state index contributed by atoms with van der Waals surface area (Å²) >= 11 is 0. The molecule has 7 rings (SSSR count). The topological polar surface area (TPSA) is 59.0 Å². The first-order valence-corrected chi connectivity index (χ1v) is 14.4. The summed E-state index contributed by atoms with van der Waals surface area (Å²) < 4.78 is 12.4. The molecule has 0 saturated carbocycles. The molecule has 1 N–H and O–H groups in total. The van der Waals surface area contributed by atoms with Crippen LogP contribution in [0.15, 0.2) is 127 Å². The molecule has 0 aliphatic carbocycles. The Morgan fingerprint density at radius 1 is 0.786 bits per heavy atom. The molecule has 0 aromatic heterocycles. The monoisotopic (exact) mass is 553 g/mol. The van der Waals surface area contributed by atoms with Crippen molar-refractivity contribution in [2.45, 2.75) is 31.1 Å². The lowest BCUT2D eigenvalue weighted by Gasteiger charge is -2.32. The molecule has 2 aliphatic rings. The van der Waals surface area contributed by atoms with Crippen molar-refractivity contribution in [2.24, 2.45) is 0 Å². The SMILES string of the molecule is O=C1N(C(c2ccccc2)c2ccccc2)c2ccccc2C1(O)c1cc2c(cc1OCc1ccccc1)OCCC2. The highest BCUT2D eigenvalue weighted by atomic mass is 16.5. The fourth-order valence-electron chi connectivity index (χ4n) is 6.18. The number of carbonyl (C=O) groups is 1. The van der Waals surface area contributed by atoms with Gasteiger partial charge in [0, 0.05) is 17.2 Å². The Morgan fingerprint density at radius 3 is 2.10 bits per heavy atom. The Kier molecular flexibility index (Phi) is 6.73. The van der Waals surface area contributed by atoms with E-state index >= 15 is 0 Å². The number of carbonyl (C=O) groups excluding carboxylic acids is 1. The first kappa shape index (κ1) is 26.1.